The molecule has 4 unspecified atom stereocenters. The van der Waals surface area contributed by atoms with E-state index in [0.29, 0.717) is 6.04 Å². The fraction of sp³-hybridized carbons (Fsp3) is 0.923. The Balaban J connectivity index is 1.69. The van der Waals surface area contributed by atoms with Gasteiger partial charge < -0.3 is 15.4 Å². The van der Waals surface area contributed by atoms with Gasteiger partial charge in [0.05, 0.1) is 0 Å². The molecule has 0 spiro atoms. The SMILES string of the molecule is CC(NCC1NCC2CC21)C(=O)OC(C)(C)C. The van der Waals surface area contributed by atoms with E-state index < -0.39 is 5.60 Å². The number of fused-ring (bicyclic) bond motifs is 1. The first-order valence-electron chi connectivity index (χ1n) is 6.56. The second-order valence-electron chi connectivity index (χ2n) is 6.34. The summed E-state index contributed by atoms with van der Waals surface area (Å²) in [6, 6.07) is 0.318. The van der Waals surface area contributed by atoms with Gasteiger partial charge in [0.1, 0.15) is 11.6 Å². The van der Waals surface area contributed by atoms with Crippen LogP contribution in [0, 0.1) is 11.8 Å². The topological polar surface area (TPSA) is 50.4 Å². The maximum absolute atomic E-state index is 11.8. The van der Waals surface area contributed by atoms with Crippen LogP contribution < -0.4 is 10.6 Å². The highest BCUT2D eigenvalue weighted by Gasteiger charge is 2.47. The summed E-state index contributed by atoms with van der Waals surface area (Å²) in [7, 11) is 0. The third kappa shape index (κ3) is 3.42. The van der Waals surface area contributed by atoms with Crippen LogP contribution in [0.25, 0.3) is 0 Å². The lowest BCUT2D eigenvalue weighted by Crippen LogP contribution is -2.45. The normalized spacial score (nSPS) is 33.1. The molecule has 2 rings (SSSR count). The van der Waals surface area contributed by atoms with Crippen LogP contribution in [0.4, 0.5) is 0 Å². The Morgan fingerprint density at radius 1 is 1.53 bits per heavy atom. The van der Waals surface area contributed by atoms with Gasteiger partial charge in [-0.05, 0) is 52.5 Å². The average molecular weight is 240 g/mol. The predicted molar refractivity (Wildman–Crippen MR) is 66.7 cm³/mol. The van der Waals surface area contributed by atoms with Gasteiger partial charge in [0.15, 0.2) is 0 Å². The van der Waals surface area contributed by atoms with E-state index in [1.54, 1.807) is 0 Å². The summed E-state index contributed by atoms with van der Waals surface area (Å²) in [4.78, 5) is 11.8. The molecule has 98 valence electrons. The number of rotatable bonds is 4. The van der Waals surface area contributed by atoms with Gasteiger partial charge in [-0.15, -0.1) is 0 Å². The molecule has 1 aliphatic heterocycles. The van der Waals surface area contributed by atoms with Gasteiger partial charge in [-0.2, -0.15) is 0 Å². The van der Waals surface area contributed by atoms with Crippen LogP contribution in [0.5, 0.6) is 0 Å². The highest BCUT2D eigenvalue weighted by Crippen LogP contribution is 2.44. The van der Waals surface area contributed by atoms with Crippen LogP contribution in [0.3, 0.4) is 0 Å². The molecule has 2 N–H and O–H groups in total. The van der Waals surface area contributed by atoms with E-state index in [1.165, 1.54) is 6.42 Å². The highest BCUT2D eigenvalue weighted by atomic mass is 16.6. The van der Waals surface area contributed by atoms with Crippen molar-refractivity contribution in [3.63, 3.8) is 0 Å². The van der Waals surface area contributed by atoms with Crippen molar-refractivity contribution in [1.82, 2.24) is 10.6 Å². The second kappa shape index (κ2) is 4.58. The Labute approximate surface area is 103 Å². The number of carbonyl (C=O) groups is 1. The van der Waals surface area contributed by atoms with E-state index in [9.17, 15) is 4.79 Å². The molecular formula is C13H24N2O2. The van der Waals surface area contributed by atoms with Crippen molar-refractivity contribution >= 4 is 5.97 Å². The van der Waals surface area contributed by atoms with E-state index >= 15 is 0 Å². The first-order valence-corrected chi connectivity index (χ1v) is 6.56. The van der Waals surface area contributed by atoms with Gasteiger partial charge in [-0.3, -0.25) is 4.79 Å². The fourth-order valence-corrected chi connectivity index (χ4v) is 2.45. The van der Waals surface area contributed by atoms with E-state index in [1.807, 2.05) is 27.7 Å². The third-order valence-electron chi connectivity index (χ3n) is 3.54. The van der Waals surface area contributed by atoms with Crippen LogP contribution in [0.1, 0.15) is 34.1 Å². The van der Waals surface area contributed by atoms with Crippen LogP contribution in [0.2, 0.25) is 0 Å². The first-order chi connectivity index (χ1) is 7.87. The Bertz CT molecular complexity index is 298. The molecule has 1 saturated heterocycles. The quantitative estimate of drug-likeness (QED) is 0.717. The lowest BCUT2D eigenvalue weighted by molar-refractivity contribution is -0.156. The molecule has 1 saturated carbocycles. The molecule has 4 nitrogen and oxygen atoms in total. The number of hydrogen-bond acceptors (Lipinski definition) is 4. The molecule has 0 aromatic rings. The first kappa shape index (κ1) is 12.8. The fourth-order valence-electron chi connectivity index (χ4n) is 2.45. The lowest BCUT2D eigenvalue weighted by atomic mass is 10.1. The zero-order chi connectivity index (χ0) is 12.6. The lowest BCUT2D eigenvalue weighted by Gasteiger charge is -2.23. The van der Waals surface area contributed by atoms with Crippen molar-refractivity contribution in [2.45, 2.75) is 51.8 Å². The number of esters is 1. The van der Waals surface area contributed by atoms with Crippen LogP contribution in [-0.2, 0) is 9.53 Å². The van der Waals surface area contributed by atoms with E-state index in [0.717, 1.165) is 24.9 Å². The molecule has 0 aromatic carbocycles. The molecule has 17 heavy (non-hydrogen) atoms. The zero-order valence-corrected chi connectivity index (χ0v) is 11.2. The number of nitrogens with one attached hydrogen (secondary N) is 2. The molecule has 4 heteroatoms. The average Bonchev–Trinajstić information content (AvgIpc) is 2.87. The molecule has 0 bridgehead atoms. The highest BCUT2D eigenvalue weighted by molar-refractivity contribution is 5.75. The van der Waals surface area contributed by atoms with Crippen LogP contribution in [-0.4, -0.2) is 36.7 Å². The molecule has 1 heterocycles. The summed E-state index contributed by atoms with van der Waals surface area (Å²) in [5.41, 5.74) is -0.403. The Hall–Kier alpha value is -0.610. The van der Waals surface area contributed by atoms with Gasteiger partial charge in [0.2, 0.25) is 0 Å². The minimum Gasteiger partial charge on any atom is -0.459 e. The maximum atomic E-state index is 11.8. The van der Waals surface area contributed by atoms with E-state index in [4.69, 9.17) is 4.74 Å². The summed E-state index contributed by atoms with van der Waals surface area (Å²) in [6.45, 7) is 9.56. The second-order valence-corrected chi connectivity index (χ2v) is 6.34. The van der Waals surface area contributed by atoms with Gasteiger partial charge in [-0.1, -0.05) is 0 Å². The van der Waals surface area contributed by atoms with Gasteiger partial charge in [-0.25, -0.2) is 0 Å². The Morgan fingerprint density at radius 3 is 2.71 bits per heavy atom. The van der Waals surface area contributed by atoms with Gasteiger partial charge >= 0.3 is 5.97 Å². The van der Waals surface area contributed by atoms with Crippen molar-refractivity contribution in [3.05, 3.63) is 0 Å². The molecule has 0 amide bonds. The van der Waals surface area contributed by atoms with Crippen molar-refractivity contribution in [2.75, 3.05) is 13.1 Å². The third-order valence-corrected chi connectivity index (χ3v) is 3.54. The molecular weight excluding hydrogens is 216 g/mol. The molecule has 2 aliphatic rings. The van der Waals surface area contributed by atoms with Crippen molar-refractivity contribution in [1.29, 1.82) is 0 Å². The summed E-state index contributed by atoms with van der Waals surface area (Å²) in [6.07, 6.45) is 1.36. The standard InChI is InChI=1S/C13H24N2O2/c1-8(12(16)17-13(2,3)4)14-7-11-10-5-9(10)6-15-11/h8-11,14-15H,5-7H2,1-4H3. The summed E-state index contributed by atoms with van der Waals surface area (Å²) < 4.78 is 5.33. The molecule has 2 fully saturated rings. The van der Waals surface area contributed by atoms with Gasteiger partial charge in [0, 0.05) is 12.6 Å². The minimum atomic E-state index is -0.403. The summed E-state index contributed by atoms with van der Waals surface area (Å²) in [5, 5.41) is 6.75. The molecule has 0 aromatic heterocycles. The number of piperidine rings is 1. The van der Waals surface area contributed by atoms with Crippen LogP contribution in [0.15, 0.2) is 0 Å². The van der Waals surface area contributed by atoms with Crippen molar-refractivity contribution in [3.8, 4) is 0 Å². The van der Waals surface area contributed by atoms with E-state index in [2.05, 4.69) is 10.6 Å². The summed E-state index contributed by atoms with van der Waals surface area (Å²) >= 11 is 0. The van der Waals surface area contributed by atoms with Crippen LogP contribution >= 0.6 is 0 Å². The molecule has 4 atom stereocenters. The predicted octanol–water partition coefficient (Wildman–Crippen LogP) is 0.914. The minimum absolute atomic E-state index is 0.164. The Morgan fingerprint density at radius 2 is 2.24 bits per heavy atom. The molecule has 1 aliphatic carbocycles. The van der Waals surface area contributed by atoms with Crippen molar-refractivity contribution < 1.29 is 9.53 Å². The Kier molecular flexibility index (Phi) is 3.46. The largest absolute Gasteiger partial charge is 0.459 e. The van der Waals surface area contributed by atoms with E-state index in [-0.39, 0.29) is 12.0 Å². The monoisotopic (exact) mass is 240 g/mol. The molecule has 0 radical (unpaired) electrons. The smallest absolute Gasteiger partial charge is 0.323 e. The zero-order valence-electron chi connectivity index (χ0n) is 11.2. The van der Waals surface area contributed by atoms with Crippen molar-refractivity contribution in [2.24, 2.45) is 11.8 Å². The number of carbonyl (C=O) groups excluding carboxylic acids is 1. The van der Waals surface area contributed by atoms with Gasteiger partial charge in [0.25, 0.3) is 0 Å². The number of ether oxygens (including phenoxy) is 1. The summed E-state index contributed by atoms with van der Waals surface area (Å²) in [5.74, 6) is 1.58. The number of hydrogen-bond donors (Lipinski definition) is 2. The maximum Gasteiger partial charge on any atom is 0.323 e.